The van der Waals surface area contributed by atoms with Crippen LogP contribution in [0.25, 0.3) is 16.6 Å². The number of aromatic amines is 1. The fourth-order valence-electron chi connectivity index (χ4n) is 2.31. The Hall–Kier alpha value is -3.22. The molecule has 7 nitrogen and oxygen atoms in total. The molecule has 116 valence electrons. The molecule has 0 unspecified atom stereocenters. The Labute approximate surface area is 132 Å². The van der Waals surface area contributed by atoms with E-state index >= 15 is 0 Å². The Morgan fingerprint density at radius 2 is 2.13 bits per heavy atom. The smallest absolute Gasteiger partial charge is 0.271 e. The lowest BCUT2D eigenvalue weighted by Crippen LogP contribution is -2.19. The summed E-state index contributed by atoms with van der Waals surface area (Å²) in [4.78, 5) is 27.4. The molecule has 0 aliphatic heterocycles. The molecule has 3 rings (SSSR count). The highest BCUT2D eigenvalue weighted by Gasteiger charge is 2.11. The molecule has 3 aromatic rings. The number of nitrogens with two attached hydrogens (primary N) is 1. The highest BCUT2D eigenvalue weighted by atomic mass is 16.1. The lowest BCUT2D eigenvalue weighted by molar-refractivity contribution is 0.988. The van der Waals surface area contributed by atoms with Gasteiger partial charge in [-0.1, -0.05) is 18.7 Å². The number of anilines is 2. The Morgan fingerprint density at radius 3 is 2.91 bits per heavy atom. The fourth-order valence-corrected chi connectivity index (χ4v) is 2.31. The molecule has 0 saturated heterocycles. The van der Waals surface area contributed by atoms with Crippen LogP contribution in [0.2, 0.25) is 0 Å². The van der Waals surface area contributed by atoms with Crippen molar-refractivity contribution in [1.29, 1.82) is 0 Å². The van der Waals surface area contributed by atoms with Gasteiger partial charge in [0.25, 0.3) is 5.56 Å². The van der Waals surface area contributed by atoms with Gasteiger partial charge in [0.1, 0.15) is 23.7 Å². The predicted molar refractivity (Wildman–Crippen MR) is 90.8 cm³/mol. The molecule has 0 amide bonds. The summed E-state index contributed by atoms with van der Waals surface area (Å²) in [5.74, 6) is 0.870. The van der Waals surface area contributed by atoms with Gasteiger partial charge in [0, 0.05) is 0 Å². The molecule has 0 aliphatic carbocycles. The highest BCUT2D eigenvalue weighted by Crippen LogP contribution is 2.24. The first-order valence-electron chi connectivity index (χ1n) is 7.04. The molecule has 0 spiro atoms. The number of hydrogen-bond acceptors (Lipinski definition) is 6. The summed E-state index contributed by atoms with van der Waals surface area (Å²) in [6, 6.07) is 7.37. The van der Waals surface area contributed by atoms with Crippen molar-refractivity contribution < 1.29 is 0 Å². The first-order valence-corrected chi connectivity index (χ1v) is 7.04. The Morgan fingerprint density at radius 1 is 1.35 bits per heavy atom. The zero-order valence-electron chi connectivity index (χ0n) is 12.6. The molecule has 0 atom stereocenters. The second-order valence-corrected chi connectivity index (χ2v) is 5.15. The summed E-state index contributed by atoms with van der Waals surface area (Å²) in [6.45, 7) is 5.92. The Kier molecular flexibility index (Phi) is 3.76. The van der Waals surface area contributed by atoms with Crippen molar-refractivity contribution in [3.63, 3.8) is 0 Å². The van der Waals surface area contributed by atoms with Crippen molar-refractivity contribution in [3.05, 3.63) is 58.8 Å². The van der Waals surface area contributed by atoms with Gasteiger partial charge in [-0.15, -0.1) is 0 Å². The molecule has 0 saturated carbocycles. The molecule has 2 aromatic heterocycles. The van der Waals surface area contributed by atoms with E-state index in [-0.39, 0.29) is 12.1 Å². The number of rotatable bonds is 4. The van der Waals surface area contributed by atoms with Gasteiger partial charge < -0.3 is 16.0 Å². The quantitative estimate of drug-likeness (QED) is 0.679. The number of hydrogen-bond donors (Lipinski definition) is 3. The highest BCUT2D eigenvalue weighted by molar-refractivity contribution is 5.78. The van der Waals surface area contributed by atoms with Gasteiger partial charge in [0.05, 0.1) is 23.1 Å². The summed E-state index contributed by atoms with van der Waals surface area (Å²) in [5, 5.41) is 3.08. The van der Waals surface area contributed by atoms with Crippen LogP contribution in [0.3, 0.4) is 0 Å². The van der Waals surface area contributed by atoms with Crippen molar-refractivity contribution in [2.24, 2.45) is 0 Å². The van der Waals surface area contributed by atoms with Crippen molar-refractivity contribution in [2.75, 3.05) is 11.1 Å². The van der Waals surface area contributed by atoms with Crippen molar-refractivity contribution in [3.8, 4) is 0 Å². The second-order valence-electron chi connectivity index (χ2n) is 5.15. The third kappa shape index (κ3) is 2.89. The SMILES string of the molecule is C=C(C)c1c(N)ncnc1NCc1nc2ccccc2[nH]c1=O. The van der Waals surface area contributed by atoms with Crippen LogP contribution in [-0.4, -0.2) is 19.9 Å². The van der Waals surface area contributed by atoms with Gasteiger partial charge in [0.15, 0.2) is 0 Å². The number of H-pyrrole nitrogens is 1. The zero-order chi connectivity index (χ0) is 16.4. The van der Waals surface area contributed by atoms with E-state index in [1.165, 1.54) is 6.33 Å². The minimum absolute atomic E-state index is 0.219. The topological polar surface area (TPSA) is 110 Å². The lowest BCUT2D eigenvalue weighted by atomic mass is 10.1. The van der Waals surface area contributed by atoms with E-state index in [4.69, 9.17) is 5.73 Å². The number of benzene rings is 1. The monoisotopic (exact) mass is 308 g/mol. The minimum Gasteiger partial charge on any atom is -0.383 e. The van der Waals surface area contributed by atoms with Crippen molar-refractivity contribution in [2.45, 2.75) is 13.5 Å². The van der Waals surface area contributed by atoms with Gasteiger partial charge in [-0.05, 0) is 24.6 Å². The summed E-state index contributed by atoms with van der Waals surface area (Å²) in [5.41, 5.74) is 8.81. The molecule has 2 heterocycles. The van der Waals surface area contributed by atoms with Gasteiger partial charge in [0.2, 0.25) is 0 Å². The van der Waals surface area contributed by atoms with E-state index in [9.17, 15) is 4.79 Å². The standard InChI is InChI=1S/C16H16N6O/c1-9(2)13-14(17)19-8-20-15(13)18-7-12-16(23)22-11-6-4-3-5-10(11)21-12/h3-6,8H,1,7H2,2H3,(H,22,23)(H3,17,18,19,20). The molecule has 0 fully saturated rings. The maximum absolute atomic E-state index is 12.1. The maximum Gasteiger partial charge on any atom is 0.271 e. The number of nitrogens with one attached hydrogen (secondary N) is 2. The minimum atomic E-state index is -0.241. The van der Waals surface area contributed by atoms with Crippen LogP contribution < -0.4 is 16.6 Å². The van der Waals surface area contributed by atoms with Crippen molar-refractivity contribution in [1.82, 2.24) is 19.9 Å². The van der Waals surface area contributed by atoms with Crippen LogP contribution in [0.1, 0.15) is 18.2 Å². The average molecular weight is 308 g/mol. The number of nitrogen functional groups attached to an aromatic ring is 1. The molecule has 0 radical (unpaired) electrons. The predicted octanol–water partition coefficient (Wildman–Crippen LogP) is 1.94. The van der Waals surface area contributed by atoms with Gasteiger partial charge in [-0.3, -0.25) is 4.79 Å². The number of fused-ring (bicyclic) bond motifs is 1. The number of allylic oxidation sites excluding steroid dienone is 1. The van der Waals surface area contributed by atoms with Crippen LogP contribution in [0, 0.1) is 0 Å². The van der Waals surface area contributed by atoms with Crippen molar-refractivity contribution >= 4 is 28.2 Å². The summed E-state index contributed by atoms with van der Waals surface area (Å²) in [7, 11) is 0. The Bertz CT molecular complexity index is 947. The third-order valence-corrected chi connectivity index (χ3v) is 3.40. The number of nitrogens with zero attached hydrogens (tertiary/aromatic N) is 3. The largest absolute Gasteiger partial charge is 0.383 e. The molecule has 1 aromatic carbocycles. The first-order chi connectivity index (χ1) is 11.1. The lowest BCUT2D eigenvalue weighted by Gasteiger charge is -2.11. The summed E-state index contributed by atoms with van der Waals surface area (Å²) >= 11 is 0. The van der Waals surface area contributed by atoms with Gasteiger partial charge in [-0.25, -0.2) is 15.0 Å². The van der Waals surface area contributed by atoms with Gasteiger partial charge >= 0.3 is 0 Å². The summed E-state index contributed by atoms with van der Waals surface area (Å²) < 4.78 is 0. The van der Waals surface area contributed by atoms with E-state index in [0.29, 0.717) is 28.4 Å². The second kappa shape index (κ2) is 5.88. The molecule has 4 N–H and O–H groups in total. The van der Waals surface area contributed by atoms with Crippen LogP contribution >= 0.6 is 0 Å². The van der Waals surface area contributed by atoms with E-state index in [1.54, 1.807) is 0 Å². The Balaban J connectivity index is 1.93. The molecule has 23 heavy (non-hydrogen) atoms. The molecule has 7 heteroatoms. The number of para-hydroxylation sites is 2. The van der Waals surface area contributed by atoms with E-state index in [2.05, 4.69) is 31.8 Å². The first kappa shape index (κ1) is 14.7. The van der Waals surface area contributed by atoms with Crippen LogP contribution in [0.5, 0.6) is 0 Å². The van der Waals surface area contributed by atoms with E-state index < -0.39 is 0 Å². The normalized spacial score (nSPS) is 10.7. The zero-order valence-corrected chi connectivity index (χ0v) is 12.6. The van der Waals surface area contributed by atoms with Crippen LogP contribution in [0.4, 0.5) is 11.6 Å². The molecular weight excluding hydrogens is 292 g/mol. The third-order valence-electron chi connectivity index (χ3n) is 3.40. The molecular formula is C16H16N6O. The fraction of sp³-hybridized carbons (Fsp3) is 0.125. The number of aromatic nitrogens is 4. The van der Waals surface area contributed by atoms with Gasteiger partial charge in [-0.2, -0.15) is 0 Å². The molecule has 0 aliphatic rings. The van der Waals surface area contributed by atoms with Crippen LogP contribution in [-0.2, 0) is 6.54 Å². The van der Waals surface area contributed by atoms with E-state index in [1.807, 2.05) is 31.2 Å². The average Bonchev–Trinajstić information content (AvgIpc) is 2.52. The van der Waals surface area contributed by atoms with E-state index in [0.717, 1.165) is 11.1 Å². The van der Waals surface area contributed by atoms with Crippen LogP contribution in [0.15, 0.2) is 42.0 Å². The maximum atomic E-state index is 12.1. The summed E-state index contributed by atoms with van der Waals surface area (Å²) in [6.07, 6.45) is 1.36. The molecule has 0 bridgehead atoms.